The largest absolute Gasteiger partial charge is 0.465 e. The van der Waals surface area contributed by atoms with Crippen LogP contribution in [0.1, 0.15) is 10.5 Å². The van der Waals surface area contributed by atoms with Crippen molar-refractivity contribution in [3.63, 3.8) is 0 Å². The Bertz CT molecular complexity index is 1260. The number of hydrogen-bond donors (Lipinski definition) is 3. The first-order valence-electron chi connectivity index (χ1n) is 9.05. The normalized spacial score (nSPS) is 10.5. The van der Waals surface area contributed by atoms with Gasteiger partial charge in [0.15, 0.2) is 0 Å². The van der Waals surface area contributed by atoms with Gasteiger partial charge in [0.05, 0.1) is 11.9 Å². The van der Waals surface area contributed by atoms with Gasteiger partial charge in [-0.3, -0.25) is 10.1 Å². The van der Waals surface area contributed by atoms with Crippen molar-refractivity contribution in [2.45, 2.75) is 0 Å². The number of nitrogens with zero attached hydrogens (tertiary/aromatic N) is 4. The van der Waals surface area contributed by atoms with Crippen LogP contribution in [0, 0.1) is 0 Å². The number of hydrogen-bond acceptors (Lipinski definition) is 5. The van der Waals surface area contributed by atoms with Crippen LogP contribution in [-0.4, -0.2) is 37.1 Å². The number of amides is 2. The van der Waals surface area contributed by atoms with Gasteiger partial charge in [-0.2, -0.15) is 0 Å². The number of pyridine rings is 1. The van der Waals surface area contributed by atoms with Gasteiger partial charge < -0.3 is 10.4 Å². The van der Waals surface area contributed by atoms with E-state index in [0.29, 0.717) is 27.4 Å². The molecule has 0 saturated heterocycles. The predicted molar refractivity (Wildman–Crippen MR) is 118 cm³/mol. The first-order chi connectivity index (χ1) is 15.0. The van der Waals surface area contributed by atoms with Gasteiger partial charge in [0.2, 0.25) is 0 Å². The van der Waals surface area contributed by atoms with E-state index < -0.39 is 6.09 Å². The number of carbonyl (C=O) groups excluding carboxylic acids is 1. The van der Waals surface area contributed by atoms with Gasteiger partial charge in [-0.25, -0.2) is 14.5 Å². The van der Waals surface area contributed by atoms with Gasteiger partial charge in [0.25, 0.3) is 5.91 Å². The highest BCUT2D eigenvalue weighted by atomic mass is 79.9. The van der Waals surface area contributed by atoms with E-state index in [9.17, 15) is 9.59 Å². The molecule has 154 valence electrons. The molecule has 31 heavy (non-hydrogen) atoms. The van der Waals surface area contributed by atoms with Crippen LogP contribution in [0.25, 0.3) is 16.9 Å². The summed E-state index contributed by atoms with van der Waals surface area (Å²) >= 11 is 3.25. The maximum absolute atomic E-state index is 12.3. The summed E-state index contributed by atoms with van der Waals surface area (Å²) < 4.78 is 2.18. The zero-order valence-corrected chi connectivity index (χ0v) is 17.4. The average Bonchev–Trinajstić information content (AvgIpc) is 3.24. The molecule has 2 aromatic carbocycles. The number of nitrogens with one attached hydrogen (secondary N) is 2. The van der Waals surface area contributed by atoms with Crippen molar-refractivity contribution in [2.75, 3.05) is 10.6 Å². The molecule has 0 radical (unpaired) electrons. The molecule has 4 aromatic rings. The summed E-state index contributed by atoms with van der Waals surface area (Å²) in [5.74, 6) is -0.313. The summed E-state index contributed by atoms with van der Waals surface area (Å²) in [6.07, 6.45) is 0.600. The molecule has 0 spiro atoms. The third-order valence-corrected chi connectivity index (χ3v) is 4.68. The van der Waals surface area contributed by atoms with Crippen molar-refractivity contribution < 1.29 is 14.7 Å². The molecular weight excluding hydrogens is 464 g/mol. The SMILES string of the molecule is O=C(O)Nc1cccc(-c2cn(-c3ccc(NC(=O)c4cccc(Br)n4)cc3)nn2)c1. The second-order valence-corrected chi connectivity index (χ2v) is 7.22. The zero-order chi connectivity index (χ0) is 21.8. The van der Waals surface area contributed by atoms with Gasteiger partial charge in [-0.05, 0) is 64.5 Å². The highest BCUT2D eigenvalue weighted by molar-refractivity contribution is 9.10. The third kappa shape index (κ3) is 4.93. The number of aromatic nitrogens is 4. The Morgan fingerprint density at radius 1 is 0.935 bits per heavy atom. The second kappa shape index (κ2) is 8.76. The number of carboxylic acid groups (broad SMARTS) is 1. The smallest absolute Gasteiger partial charge is 0.409 e. The van der Waals surface area contributed by atoms with E-state index in [0.717, 1.165) is 11.3 Å². The minimum Gasteiger partial charge on any atom is -0.465 e. The molecule has 4 rings (SSSR count). The molecule has 0 unspecified atom stereocenters. The van der Waals surface area contributed by atoms with Gasteiger partial charge in [-0.15, -0.1) is 5.10 Å². The van der Waals surface area contributed by atoms with E-state index in [1.54, 1.807) is 71.5 Å². The van der Waals surface area contributed by atoms with Crippen molar-refractivity contribution in [3.8, 4) is 16.9 Å². The van der Waals surface area contributed by atoms with Crippen molar-refractivity contribution in [3.05, 3.63) is 83.2 Å². The van der Waals surface area contributed by atoms with Crippen LogP contribution in [0.4, 0.5) is 16.2 Å². The molecule has 0 atom stereocenters. The van der Waals surface area contributed by atoms with E-state index in [1.807, 2.05) is 6.07 Å². The summed E-state index contributed by atoms with van der Waals surface area (Å²) in [6.45, 7) is 0. The number of carbonyl (C=O) groups is 2. The average molecular weight is 479 g/mol. The summed E-state index contributed by atoms with van der Waals surface area (Å²) in [5.41, 5.74) is 3.43. The topological polar surface area (TPSA) is 122 Å². The lowest BCUT2D eigenvalue weighted by Gasteiger charge is -2.06. The Kier molecular flexibility index (Phi) is 5.72. The molecule has 0 aliphatic carbocycles. The Labute approximate surface area is 184 Å². The molecule has 2 aromatic heterocycles. The van der Waals surface area contributed by atoms with Gasteiger partial charge >= 0.3 is 6.09 Å². The molecule has 10 heteroatoms. The lowest BCUT2D eigenvalue weighted by atomic mass is 10.1. The Morgan fingerprint density at radius 2 is 1.71 bits per heavy atom. The van der Waals surface area contributed by atoms with Crippen molar-refractivity contribution in [1.29, 1.82) is 0 Å². The first kappa shape index (κ1) is 20.2. The van der Waals surface area contributed by atoms with Gasteiger partial charge in [0, 0.05) is 16.9 Å². The van der Waals surface area contributed by atoms with E-state index in [1.165, 1.54) is 0 Å². The molecule has 0 aliphatic heterocycles. The minimum atomic E-state index is -1.14. The summed E-state index contributed by atoms with van der Waals surface area (Å²) in [7, 11) is 0. The van der Waals surface area contributed by atoms with Crippen LogP contribution >= 0.6 is 15.9 Å². The maximum Gasteiger partial charge on any atom is 0.409 e. The number of benzene rings is 2. The van der Waals surface area contributed by atoms with Crippen LogP contribution in [0.2, 0.25) is 0 Å². The monoisotopic (exact) mass is 478 g/mol. The summed E-state index contributed by atoms with van der Waals surface area (Å²) in [4.78, 5) is 27.3. The first-order valence-corrected chi connectivity index (χ1v) is 9.84. The van der Waals surface area contributed by atoms with E-state index >= 15 is 0 Å². The molecular formula is C21H15BrN6O3. The lowest BCUT2D eigenvalue weighted by molar-refractivity contribution is 0.102. The number of rotatable bonds is 5. The van der Waals surface area contributed by atoms with E-state index in [-0.39, 0.29) is 5.91 Å². The maximum atomic E-state index is 12.3. The Morgan fingerprint density at radius 3 is 2.45 bits per heavy atom. The highest BCUT2D eigenvalue weighted by Crippen LogP contribution is 2.22. The fourth-order valence-corrected chi connectivity index (χ4v) is 3.17. The van der Waals surface area contributed by atoms with Crippen molar-refractivity contribution in [2.24, 2.45) is 0 Å². The molecule has 2 amide bonds. The molecule has 9 nitrogen and oxygen atoms in total. The minimum absolute atomic E-state index is 0.305. The quantitative estimate of drug-likeness (QED) is 0.364. The van der Waals surface area contributed by atoms with Gasteiger partial charge in [0.1, 0.15) is 16.0 Å². The van der Waals surface area contributed by atoms with Crippen LogP contribution in [0.5, 0.6) is 0 Å². The lowest BCUT2D eigenvalue weighted by Crippen LogP contribution is -2.13. The van der Waals surface area contributed by atoms with E-state index in [2.05, 4.69) is 41.9 Å². The van der Waals surface area contributed by atoms with Crippen LogP contribution < -0.4 is 10.6 Å². The molecule has 0 fully saturated rings. The van der Waals surface area contributed by atoms with Crippen LogP contribution in [0.3, 0.4) is 0 Å². The Hall–Kier alpha value is -4.05. The fraction of sp³-hybridized carbons (Fsp3) is 0. The number of halogens is 1. The van der Waals surface area contributed by atoms with Crippen LogP contribution in [-0.2, 0) is 0 Å². The molecule has 2 heterocycles. The standard InChI is InChI=1S/C21H15BrN6O3/c22-19-6-2-5-17(25-19)20(29)23-14-7-9-16(10-8-14)28-12-18(26-27-28)13-3-1-4-15(11-13)24-21(30)31/h1-12,24H,(H,23,29)(H,30,31). The second-order valence-electron chi connectivity index (χ2n) is 6.41. The Balaban J connectivity index is 1.48. The van der Waals surface area contributed by atoms with E-state index in [4.69, 9.17) is 5.11 Å². The summed E-state index contributed by atoms with van der Waals surface area (Å²) in [6, 6.07) is 19.1. The predicted octanol–water partition coefficient (Wildman–Crippen LogP) is 4.43. The molecule has 0 saturated carbocycles. The summed E-state index contributed by atoms with van der Waals surface area (Å²) in [5, 5.41) is 22.3. The zero-order valence-electron chi connectivity index (χ0n) is 15.9. The van der Waals surface area contributed by atoms with Crippen molar-refractivity contribution >= 4 is 39.3 Å². The molecule has 3 N–H and O–H groups in total. The van der Waals surface area contributed by atoms with Crippen LogP contribution in [0.15, 0.2) is 77.5 Å². The molecule has 0 bridgehead atoms. The number of anilines is 2. The fourth-order valence-electron chi connectivity index (χ4n) is 2.83. The van der Waals surface area contributed by atoms with Crippen molar-refractivity contribution in [1.82, 2.24) is 20.0 Å². The van der Waals surface area contributed by atoms with Gasteiger partial charge in [-0.1, -0.05) is 23.4 Å². The third-order valence-electron chi connectivity index (χ3n) is 4.24. The molecule has 0 aliphatic rings. The highest BCUT2D eigenvalue weighted by Gasteiger charge is 2.10.